The summed E-state index contributed by atoms with van der Waals surface area (Å²) in [5.74, 6) is 0.190. The molecule has 0 spiro atoms. The van der Waals surface area contributed by atoms with Crippen LogP contribution in [-0.4, -0.2) is 5.11 Å². The minimum Gasteiger partial charge on any atom is -0.508 e. The van der Waals surface area contributed by atoms with Gasteiger partial charge >= 0.3 is 0 Å². The van der Waals surface area contributed by atoms with E-state index in [1.165, 1.54) is 0 Å². The fraction of sp³-hybridized carbons (Fsp3) is 0. The molecule has 0 aromatic heterocycles. The van der Waals surface area contributed by atoms with Gasteiger partial charge in [0.25, 0.3) is 0 Å². The number of hydrogen-bond acceptors (Lipinski definition) is 3. The average Bonchev–Trinajstić information content (AvgIpc) is 2.16. The zero-order chi connectivity index (χ0) is 9.26. The summed E-state index contributed by atoms with van der Waals surface area (Å²) in [6.45, 7) is 0. The van der Waals surface area contributed by atoms with E-state index in [1.54, 1.807) is 36.4 Å². The van der Waals surface area contributed by atoms with Crippen LogP contribution in [0.25, 0.3) is 10.8 Å². The molecule has 0 atom stereocenters. The van der Waals surface area contributed by atoms with Crippen molar-refractivity contribution in [2.24, 2.45) is 5.18 Å². The van der Waals surface area contributed by atoms with Crippen molar-refractivity contribution in [1.29, 1.82) is 0 Å². The summed E-state index contributed by atoms with van der Waals surface area (Å²) >= 11 is 0. The summed E-state index contributed by atoms with van der Waals surface area (Å²) in [4.78, 5) is 10.2. The molecule has 0 heterocycles. The summed E-state index contributed by atoms with van der Waals surface area (Å²) in [7, 11) is 0. The fourth-order valence-electron chi connectivity index (χ4n) is 1.28. The Morgan fingerprint density at radius 2 is 1.71 bits per heavy atom. The van der Waals surface area contributed by atoms with Crippen LogP contribution in [0.5, 0.6) is 5.75 Å². The number of aromatic hydroxyl groups is 1. The molecule has 2 aromatic carbocycles. The quantitative estimate of drug-likeness (QED) is 0.768. The molecule has 4 heteroatoms. The van der Waals surface area contributed by atoms with Crippen LogP contribution in [-0.2, 0) is 16.8 Å². The van der Waals surface area contributed by atoms with Gasteiger partial charge in [-0.25, -0.2) is 0 Å². The second kappa shape index (κ2) is 4.21. The maximum absolute atomic E-state index is 10.2. The Labute approximate surface area is 90.9 Å². The molecule has 1 radical (unpaired) electrons. The fourth-order valence-corrected chi connectivity index (χ4v) is 1.28. The Balaban J connectivity index is 0.000000980. The van der Waals surface area contributed by atoms with Gasteiger partial charge in [0, 0.05) is 16.8 Å². The molecule has 14 heavy (non-hydrogen) atoms. The number of phenols is 1. The summed E-state index contributed by atoms with van der Waals surface area (Å²) in [5, 5.41) is 13.8. The minimum absolute atomic E-state index is 0. The van der Waals surface area contributed by atoms with Crippen LogP contribution >= 0.6 is 0 Å². The van der Waals surface area contributed by atoms with Gasteiger partial charge in [0.1, 0.15) is 11.4 Å². The van der Waals surface area contributed by atoms with Crippen LogP contribution in [0.2, 0.25) is 0 Å². The Bertz CT molecular complexity index is 471. The van der Waals surface area contributed by atoms with Gasteiger partial charge in [-0.3, -0.25) is 0 Å². The van der Waals surface area contributed by atoms with E-state index >= 15 is 0 Å². The first-order chi connectivity index (χ1) is 6.29. The standard InChI is InChI=1S/C10H7NO2.Co/c12-10-4-2-7-1-3-9(11-13)5-8(7)6-10;/h1-6,12H;. The normalized spacial score (nSPS) is 9.43. The summed E-state index contributed by atoms with van der Waals surface area (Å²) in [6.07, 6.45) is 0. The molecule has 2 rings (SSSR count). The SMILES string of the molecule is O=Nc1ccc2ccc(O)cc2c1.[Co]. The van der Waals surface area contributed by atoms with Gasteiger partial charge < -0.3 is 5.11 Å². The first-order valence-electron chi connectivity index (χ1n) is 3.86. The summed E-state index contributed by atoms with van der Waals surface area (Å²) in [5.41, 5.74) is 0.373. The predicted octanol–water partition coefficient (Wildman–Crippen LogP) is 2.94. The van der Waals surface area contributed by atoms with Crippen molar-refractivity contribution in [3.63, 3.8) is 0 Å². The van der Waals surface area contributed by atoms with Crippen LogP contribution in [0, 0.1) is 4.91 Å². The molecule has 0 saturated carbocycles. The number of rotatable bonds is 1. The number of benzene rings is 2. The summed E-state index contributed by atoms with van der Waals surface area (Å²) < 4.78 is 0. The predicted molar refractivity (Wildman–Crippen MR) is 51.1 cm³/mol. The van der Waals surface area contributed by atoms with Crippen LogP contribution in [0.4, 0.5) is 5.69 Å². The maximum atomic E-state index is 10.2. The van der Waals surface area contributed by atoms with Crippen LogP contribution in [0.15, 0.2) is 41.6 Å². The molecule has 0 fully saturated rings. The molecule has 2 aromatic rings. The van der Waals surface area contributed by atoms with Gasteiger partial charge in [0.15, 0.2) is 0 Å². The van der Waals surface area contributed by atoms with Gasteiger partial charge in [-0.15, -0.1) is 4.91 Å². The second-order valence-electron chi connectivity index (χ2n) is 2.81. The Kier molecular flexibility index (Phi) is 3.21. The minimum atomic E-state index is 0. The molecule has 0 aliphatic rings. The van der Waals surface area contributed by atoms with Gasteiger partial charge in [-0.05, 0) is 40.2 Å². The Morgan fingerprint density at radius 3 is 2.43 bits per heavy atom. The van der Waals surface area contributed by atoms with E-state index in [1.807, 2.05) is 0 Å². The first-order valence-corrected chi connectivity index (χ1v) is 3.86. The van der Waals surface area contributed by atoms with Crippen molar-refractivity contribution in [3.8, 4) is 5.75 Å². The number of fused-ring (bicyclic) bond motifs is 1. The van der Waals surface area contributed by atoms with Gasteiger partial charge in [-0.2, -0.15) is 0 Å². The van der Waals surface area contributed by atoms with Crippen molar-refractivity contribution < 1.29 is 21.9 Å². The van der Waals surface area contributed by atoms with Gasteiger partial charge in [-0.1, -0.05) is 12.1 Å². The third-order valence-electron chi connectivity index (χ3n) is 1.91. The van der Waals surface area contributed by atoms with E-state index < -0.39 is 0 Å². The van der Waals surface area contributed by atoms with E-state index in [0.717, 1.165) is 10.8 Å². The Hall–Kier alpha value is -1.39. The smallest absolute Gasteiger partial charge is 0.116 e. The molecule has 1 N–H and O–H groups in total. The molecule has 0 bridgehead atoms. The van der Waals surface area contributed by atoms with Crippen molar-refractivity contribution >= 4 is 16.5 Å². The topological polar surface area (TPSA) is 49.7 Å². The second-order valence-corrected chi connectivity index (χ2v) is 2.81. The zero-order valence-corrected chi connectivity index (χ0v) is 8.14. The Morgan fingerprint density at radius 1 is 1.00 bits per heavy atom. The largest absolute Gasteiger partial charge is 0.508 e. The zero-order valence-electron chi connectivity index (χ0n) is 7.10. The van der Waals surface area contributed by atoms with E-state index in [-0.39, 0.29) is 22.5 Å². The number of nitroso groups, excluding NO2 is 1. The molecule has 3 nitrogen and oxygen atoms in total. The van der Waals surface area contributed by atoms with E-state index in [0.29, 0.717) is 5.69 Å². The van der Waals surface area contributed by atoms with E-state index in [2.05, 4.69) is 5.18 Å². The van der Waals surface area contributed by atoms with Crippen molar-refractivity contribution in [3.05, 3.63) is 41.3 Å². The van der Waals surface area contributed by atoms with Gasteiger partial charge in [0.2, 0.25) is 0 Å². The van der Waals surface area contributed by atoms with E-state index in [9.17, 15) is 10.0 Å². The average molecular weight is 232 g/mol. The first kappa shape index (κ1) is 10.7. The monoisotopic (exact) mass is 232 g/mol. The molecule has 0 aliphatic heterocycles. The maximum Gasteiger partial charge on any atom is 0.116 e. The third kappa shape index (κ3) is 1.92. The molecule has 0 saturated heterocycles. The third-order valence-corrected chi connectivity index (χ3v) is 1.91. The number of hydrogen-bond donors (Lipinski definition) is 1. The molecule has 0 unspecified atom stereocenters. The number of nitrogens with zero attached hydrogens (tertiary/aromatic N) is 1. The van der Waals surface area contributed by atoms with Crippen molar-refractivity contribution in [2.75, 3.05) is 0 Å². The molecular weight excluding hydrogens is 225 g/mol. The number of phenolic OH excluding ortho intramolecular Hbond substituents is 1. The molecular formula is C10H7CoNO2. The van der Waals surface area contributed by atoms with Crippen LogP contribution in [0.1, 0.15) is 0 Å². The van der Waals surface area contributed by atoms with Crippen LogP contribution < -0.4 is 0 Å². The van der Waals surface area contributed by atoms with Crippen LogP contribution in [0.3, 0.4) is 0 Å². The van der Waals surface area contributed by atoms with Gasteiger partial charge in [0.05, 0.1) is 0 Å². The van der Waals surface area contributed by atoms with Crippen molar-refractivity contribution in [2.45, 2.75) is 0 Å². The summed E-state index contributed by atoms with van der Waals surface area (Å²) in [6, 6.07) is 10.1. The van der Waals surface area contributed by atoms with E-state index in [4.69, 9.17) is 0 Å². The van der Waals surface area contributed by atoms with Crippen molar-refractivity contribution in [1.82, 2.24) is 0 Å². The molecule has 73 valence electrons. The molecule has 0 aliphatic carbocycles. The molecule has 0 amide bonds.